The van der Waals surface area contributed by atoms with Crippen LogP contribution in [0.3, 0.4) is 0 Å². The first-order valence-corrected chi connectivity index (χ1v) is 6.68. The summed E-state index contributed by atoms with van der Waals surface area (Å²) in [4.78, 5) is 12.0. The number of aromatic nitrogens is 2. The number of benzene rings is 1. The van der Waals surface area contributed by atoms with Crippen LogP contribution in [-0.2, 0) is 12.6 Å². The molecular formula is C15H13F3N2O. The Hall–Kier alpha value is -2.11. The molecule has 0 unspecified atom stereocenters. The van der Waals surface area contributed by atoms with Gasteiger partial charge in [0.25, 0.3) is 0 Å². The molecule has 2 aromatic rings. The molecule has 0 saturated carbocycles. The van der Waals surface area contributed by atoms with Crippen LogP contribution in [0.5, 0.6) is 0 Å². The zero-order chi connectivity index (χ0) is 15.2. The monoisotopic (exact) mass is 294 g/mol. The van der Waals surface area contributed by atoms with E-state index in [0.717, 1.165) is 6.07 Å². The van der Waals surface area contributed by atoms with E-state index in [4.69, 9.17) is 0 Å². The fourth-order valence-electron chi connectivity index (χ4n) is 2.81. The summed E-state index contributed by atoms with van der Waals surface area (Å²) in [5.41, 5.74) is 0.794. The number of carbonyl (C=O) groups excluding carboxylic acids is 1. The van der Waals surface area contributed by atoms with E-state index in [1.165, 1.54) is 16.8 Å². The number of halogens is 3. The van der Waals surface area contributed by atoms with Crippen LogP contribution in [0.2, 0.25) is 0 Å². The molecule has 6 heteroatoms. The Bertz CT molecular complexity index is 716. The number of hydrogen-bond acceptors (Lipinski definition) is 2. The molecule has 0 spiro atoms. The summed E-state index contributed by atoms with van der Waals surface area (Å²) >= 11 is 0. The lowest BCUT2D eigenvalue weighted by Crippen LogP contribution is -2.16. The minimum absolute atomic E-state index is 0.0240. The molecular weight excluding hydrogens is 281 g/mol. The van der Waals surface area contributed by atoms with Crippen LogP contribution in [0.25, 0.3) is 5.69 Å². The van der Waals surface area contributed by atoms with Crippen LogP contribution < -0.4 is 0 Å². The fourth-order valence-corrected chi connectivity index (χ4v) is 2.81. The zero-order valence-electron chi connectivity index (χ0n) is 11.4. The lowest BCUT2D eigenvalue weighted by Gasteiger charge is -2.17. The second-order valence-corrected chi connectivity index (χ2v) is 5.11. The first-order chi connectivity index (χ1) is 9.89. The van der Waals surface area contributed by atoms with E-state index < -0.39 is 11.7 Å². The first kappa shape index (κ1) is 13.9. The lowest BCUT2D eigenvalue weighted by molar-refractivity contribution is -0.137. The molecule has 1 aliphatic carbocycles. The number of Topliss-reactive ketones (excluding diaryl/α,β-unsaturated/α-hetero) is 1. The van der Waals surface area contributed by atoms with E-state index in [-0.39, 0.29) is 11.5 Å². The van der Waals surface area contributed by atoms with Crippen molar-refractivity contribution in [3.05, 3.63) is 46.8 Å². The van der Waals surface area contributed by atoms with E-state index in [9.17, 15) is 18.0 Å². The summed E-state index contributed by atoms with van der Waals surface area (Å²) in [6.07, 6.45) is -2.82. The SMILES string of the molecule is Cc1nn(-c2ccccc2C(F)(F)F)c2c1C(=O)CCC2. The Morgan fingerprint density at radius 1 is 1.19 bits per heavy atom. The van der Waals surface area contributed by atoms with E-state index in [1.54, 1.807) is 13.0 Å². The summed E-state index contributed by atoms with van der Waals surface area (Å²) < 4.78 is 40.7. The van der Waals surface area contributed by atoms with Crippen molar-refractivity contribution < 1.29 is 18.0 Å². The van der Waals surface area contributed by atoms with Crippen LogP contribution in [0, 0.1) is 6.92 Å². The number of rotatable bonds is 1. The molecule has 21 heavy (non-hydrogen) atoms. The standard InChI is InChI=1S/C15H13F3N2O/c1-9-14-12(7-4-8-13(14)21)20(19-9)11-6-3-2-5-10(11)15(16,17)18/h2-3,5-6H,4,7-8H2,1H3. The number of nitrogens with zero attached hydrogens (tertiary/aromatic N) is 2. The number of fused-ring (bicyclic) bond motifs is 1. The lowest BCUT2D eigenvalue weighted by atomic mass is 9.94. The van der Waals surface area contributed by atoms with Crippen molar-refractivity contribution in [1.82, 2.24) is 9.78 Å². The highest BCUT2D eigenvalue weighted by Crippen LogP contribution is 2.35. The van der Waals surface area contributed by atoms with Gasteiger partial charge in [0.05, 0.1) is 28.2 Å². The Labute approximate surface area is 119 Å². The van der Waals surface area contributed by atoms with Crippen molar-refractivity contribution in [3.63, 3.8) is 0 Å². The van der Waals surface area contributed by atoms with Crippen molar-refractivity contribution in [2.75, 3.05) is 0 Å². The number of ketones is 1. The average molecular weight is 294 g/mol. The molecule has 0 atom stereocenters. The van der Waals surface area contributed by atoms with Crippen LogP contribution in [0.1, 0.15) is 40.2 Å². The number of alkyl halides is 3. The van der Waals surface area contributed by atoms with Gasteiger partial charge < -0.3 is 0 Å². The molecule has 3 rings (SSSR count). The molecule has 0 fully saturated rings. The molecule has 1 aromatic heterocycles. The highest BCUT2D eigenvalue weighted by molar-refractivity contribution is 5.99. The highest BCUT2D eigenvalue weighted by atomic mass is 19.4. The van der Waals surface area contributed by atoms with Crippen LogP contribution in [0.4, 0.5) is 13.2 Å². The van der Waals surface area contributed by atoms with Gasteiger partial charge >= 0.3 is 6.18 Å². The largest absolute Gasteiger partial charge is 0.418 e. The summed E-state index contributed by atoms with van der Waals surface area (Å²) in [5.74, 6) is -0.0375. The molecule has 0 N–H and O–H groups in total. The third kappa shape index (κ3) is 2.24. The summed E-state index contributed by atoms with van der Waals surface area (Å²) in [6.45, 7) is 1.66. The number of para-hydroxylation sites is 1. The van der Waals surface area contributed by atoms with E-state index in [1.807, 2.05) is 0 Å². The minimum atomic E-state index is -4.46. The highest BCUT2D eigenvalue weighted by Gasteiger charge is 2.35. The van der Waals surface area contributed by atoms with Gasteiger partial charge in [-0.3, -0.25) is 4.79 Å². The van der Waals surface area contributed by atoms with Gasteiger partial charge in [0.2, 0.25) is 0 Å². The number of aryl methyl sites for hydroxylation is 1. The Morgan fingerprint density at radius 3 is 2.62 bits per heavy atom. The summed E-state index contributed by atoms with van der Waals surface area (Å²) in [6, 6.07) is 5.30. The Morgan fingerprint density at radius 2 is 1.90 bits per heavy atom. The fraction of sp³-hybridized carbons (Fsp3) is 0.333. The molecule has 110 valence electrons. The van der Waals surface area contributed by atoms with Gasteiger partial charge in [-0.2, -0.15) is 18.3 Å². The quantitative estimate of drug-likeness (QED) is 0.803. The van der Waals surface area contributed by atoms with Gasteiger partial charge in [0.1, 0.15) is 0 Å². The van der Waals surface area contributed by atoms with E-state index in [0.29, 0.717) is 36.2 Å². The van der Waals surface area contributed by atoms with Gasteiger partial charge in [0, 0.05) is 6.42 Å². The molecule has 1 heterocycles. The summed E-state index contributed by atoms with van der Waals surface area (Å²) in [7, 11) is 0. The second-order valence-electron chi connectivity index (χ2n) is 5.11. The maximum absolute atomic E-state index is 13.1. The molecule has 0 bridgehead atoms. The van der Waals surface area contributed by atoms with Crippen LogP contribution >= 0.6 is 0 Å². The smallest absolute Gasteiger partial charge is 0.294 e. The summed E-state index contributed by atoms with van der Waals surface area (Å²) in [5, 5.41) is 4.18. The molecule has 1 aromatic carbocycles. The third-order valence-electron chi connectivity index (χ3n) is 3.69. The Kier molecular flexibility index (Phi) is 3.11. The molecule has 0 saturated heterocycles. The molecule has 0 amide bonds. The molecule has 1 aliphatic rings. The van der Waals surface area contributed by atoms with Crippen molar-refractivity contribution in [3.8, 4) is 5.69 Å². The third-order valence-corrected chi connectivity index (χ3v) is 3.69. The van der Waals surface area contributed by atoms with Gasteiger partial charge in [-0.05, 0) is 31.9 Å². The topological polar surface area (TPSA) is 34.9 Å². The molecule has 0 radical (unpaired) electrons. The number of hydrogen-bond donors (Lipinski definition) is 0. The van der Waals surface area contributed by atoms with Crippen molar-refractivity contribution >= 4 is 5.78 Å². The maximum Gasteiger partial charge on any atom is 0.418 e. The zero-order valence-corrected chi connectivity index (χ0v) is 11.4. The van der Waals surface area contributed by atoms with Crippen LogP contribution in [0.15, 0.2) is 24.3 Å². The van der Waals surface area contributed by atoms with Gasteiger partial charge in [-0.15, -0.1) is 0 Å². The van der Waals surface area contributed by atoms with Gasteiger partial charge in [-0.25, -0.2) is 4.68 Å². The average Bonchev–Trinajstić information content (AvgIpc) is 2.76. The first-order valence-electron chi connectivity index (χ1n) is 6.68. The normalized spacial score (nSPS) is 15.1. The minimum Gasteiger partial charge on any atom is -0.294 e. The van der Waals surface area contributed by atoms with Crippen molar-refractivity contribution in [2.24, 2.45) is 0 Å². The van der Waals surface area contributed by atoms with Crippen molar-refractivity contribution in [2.45, 2.75) is 32.4 Å². The van der Waals surface area contributed by atoms with Gasteiger partial charge in [0.15, 0.2) is 5.78 Å². The predicted octanol–water partition coefficient (Wildman–Crippen LogP) is 3.72. The number of carbonyl (C=O) groups is 1. The predicted molar refractivity (Wildman–Crippen MR) is 70.6 cm³/mol. The second kappa shape index (κ2) is 4.72. The van der Waals surface area contributed by atoms with E-state index in [2.05, 4.69) is 5.10 Å². The van der Waals surface area contributed by atoms with E-state index >= 15 is 0 Å². The van der Waals surface area contributed by atoms with Crippen molar-refractivity contribution in [1.29, 1.82) is 0 Å². The molecule has 3 nitrogen and oxygen atoms in total. The Balaban J connectivity index is 2.24. The van der Waals surface area contributed by atoms with Gasteiger partial charge in [-0.1, -0.05) is 12.1 Å². The maximum atomic E-state index is 13.1. The molecule has 0 aliphatic heterocycles. The van der Waals surface area contributed by atoms with Crippen LogP contribution in [-0.4, -0.2) is 15.6 Å².